The van der Waals surface area contributed by atoms with E-state index in [1.165, 1.54) is 18.4 Å². The van der Waals surface area contributed by atoms with Gasteiger partial charge in [-0.2, -0.15) is 0 Å². The van der Waals surface area contributed by atoms with Gasteiger partial charge in [0.2, 0.25) is 0 Å². The molecule has 0 amide bonds. The predicted octanol–water partition coefficient (Wildman–Crippen LogP) is 3.40. The summed E-state index contributed by atoms with van der Waals surface area (Å²) in [6, 6.07) is 14.8. The summed E-state index contributed by atoms with van der Waals surface area (Å²) in [5.74, 6) is -0.371. The molecule has 8 heteroatoms. The third-order valence-corrected chi connectivity index (χ3v) is 4.26. The number of thiazole rings is 1. The molecule has 0 aliphatic carbocycles. The summed E-state index contributed by atoms with van der Waals surface area (Å²) < 4.78 is 5.60. The van der Waals surface area contributed by atoms with Gasteiger partial charge in [-0.05, 0) is 42.5 Å². The van der Waals surface area contributed by atoms with E-state index in [0.717, 1.165) is 15.9 Å². The molecule has 0 bridgehead atoms. The Kier molecular flexibility index (Phi) is 4.88. The van der Waals surface area contributed by atoms with Crippen molar-refractivity contribution in [3.8, 4) is 0 Å². The van der Waals surface area contributed by atoms with E-state index in [2.05, 4.69) is 21.2 Å². The normalized spacial score (nSPS) is 10.2. The molecule has 0 radical (unpaired) electrons. The molecule has 0 atom stereocenters. The van der Waals surface area contributed by atoms with Crippen LogP contribution >= 0.6 is 23.6 Å². The Morgan fingerprint density at radius 1 is 1.21 bits per heavy atom. The van der Waals surface area contributed by atoms with Crippen LogP contribution in [-0.2, 0) is 4.74 Å². The average Bonchev–Trinajstić information content (AvgIpc) is 3.01. The van der Waals surface area contributed by atoms with E-state index in [4.69, 9.17) is 17.0 Å². The minimum Gasteiger partial charge on any atom is -0.465 e. The summed E-state index contributed by atoms with van der Waals surface area (Å²) in [7, 11) is 1.36. The molecule has 0 aliphatic rings. The van der Waals surface area contributed by atoms with Gasteiger partial charge in [0.1, 0.15) is 0 Å². The fourth-order valence-corrected chi connectivity index (χ4v) is 3.12. The van der Waals surface area contributed by atoms with Crippen LogP contribution in [0.3, 0.4) is 0 Å². The Morgan fingerprint density at radius 3 is 2.75 bits per heavy atom. The van der Waals surface area contributed by atoms with Crippen LogP contribution in [0, 0.1) is 0 Å². The molecular formula is C16H14N4O2S2. The maximum absolute atomic E-state index is 11.6. The number of para-hydroxylation sites is 1. The second-order valence-electron chi connectivity index (χ2n) is 4.76. The molecule has 0 spiro atoms. The molecule has 6 nitrogen and oxygen atoms in total. The van der Waals surface area contributed by atoms with Gasteiger partial charge in [-0.15, -0.1) is 0 Å². The SMILES string of the molecule is COC(=O)c1ccc2nc(NC(=S)NNc3ccccc3)sc2c1. The van der Waals surface area contributed by atoms with Crippen molar-refractivity contribution in [2.45, 2.75) is 0 Å². The van der Waals surface area contributed by atoms with Crippen molar-refractivity contribution < 1.29 is 9.53 Å². The number of fused-ring (bicyclic) bond motifs is 1. The maximum atomic E-state index is 11.6. The first kappa shape index (κ1) is 16.2. The second-order valence-corrected chi connectivity index (χ2v) is 6.20. The standard InChI is InChI=1S/C16H14N4O2S2/c1-22-14(21)10-7-8-12-13(9-10)24-16(17-12)18-15(23)20-19-11-5-3-2-4-6-11/h2-9,19H,1H3,(H2,17,18,20,23). The smallest absolute Gasteiger partial charge is 0.337 e. The van der Waals surface area contributed by atoms with Crippen molar-refractivity contribution in [2.75, 3.05) is 17.9 Å². The lowest BCUT2D eigenvalue weighted by Gasteiger charge is -2.10. The third kappa shape index (κ3) is 3.79. The molecule has 0 unspecified atom stereocenters. The van der Waals surface area contributed by atoms with Gasteiger partial charge in [-0.1, -0.05) is 29.5 Å². The van der Waals surface area contributed by atoms with E-state index in [-0.39, 0.29) is 5.97 Å². The molecule has 0 fully saturated rings. The van der Waals surface area contributed by atoms with Crippen LogP contribution in [-0.4, -0.2) is 23.2 Å². The summed E-state index contributed by atoms with van der Waals surface area (Å²) in [4.78, 5) is 16.0. The van der Waals surface area contributed by atoms with E-state index in [1.54, 1.807) is 18.2 Å². The fourth-order valence-electron chi connectivity index (χ4n) is 2.00. The van der Waals surface area contributed by atoms with Crippen LogP contribution in [0.25, 0.3) is 10.2 Å². The van der Waals surface area contributed by atoms with Gasteiger partial charge < -0.3 is 10.1 Å². The van der Waals surface area contributed by atoms with Crippen LogP contribution in [0.1, 0.15) is 10.4 Å². The number of ether oxygens (including phenoxy) is 1. The van der Waals surface area contributed by atoms with Crippen LogP contribution in [0.5, 0.6) is 0 Å². The lowest BCUT2D eigenvalue weighted by Crippen LogP contribution is -2.33. The van der Waals surface area contributed by atoms with Crippen LogP contribution in [0.4, 0.5) is 10.8 Å². The first-order valence-electron chi connectivity index (χ1n) is 7.02. The van der Waals surface area contributed by atoms with E-state index in [9.17, 15) is 4.79 Å². The highest BCUT2D eigenvalue weighted by Gasteiger charge is 2.10. The molecule has 3 N–H and O–H groups in total. The number of hydrogen-bond acceptors (Lipinski definition) is 6. The Balaban J connectivity index is 1.66. The number of methoxy groups -OCH3 is 1. The topological polar surface area (TPSA) is 75.3 Å². The number of nitrogens with zero attached hydrogens (tertiary/aromatic N) is 1. The van der Waals surface area contributed by atoms with Crippen LogP contribution in [0.2, 0.25) is 0 Å². The molecule has 2 aromatic carbocycles. The van der Waals surface area contributed by atoms with Crippen LogP contribution < -0.4 is 16.2 Å². The molecule has 1 heterocycles. The first-order valence-corrected chi connectivity index (χ1v) is 8.25. The number of rotatable bonds is 4. The highest BCUT2D eigenvalue weighted by molar-refractivity contribution is 7.80. The van der Waals surface area contributed by atoms with Crippen molar-refractivity contribution in [3.05, 3.63) is 54.1 Å². The largest absolute Gasteiger partial charge is 0.465 e. The molecule has 0 saturated heterocycles. The summed E-state index contributed by atoms with van der Waals surface area (Å²) in [5, 5.41) is 4.05. The van der Waals surface area contributed by atoms with Crippen molar-refractivity contribution in [1.29, 1.82) is 0 Å². The summed E-state index contributed by atoms with van der Waals surface area (Å²) in [6.45, 7) is 0. The van der Waals surface area contributed by atoms with Gasteiger partial charge in [-0.25, -0.2) is 9.78 Å². The zero-order valence-corrected chi connectivity index (χ0v) is 14.3. The van der Waals surface area contributed by atoms with E-state index < -0.39 is 0 Å². The zero-order valence-electron chi connectivity index (χ0n) is 12.7. The van der Waals surface area contributed by atoms with E-state index in [1.807, 2.05) is 30.3 Å². The van der Waals surface area contributed by atoms with Gasteiger partial charge in [0, 0.05) is 0 Å². The van der Waals surface area contributed by atoms with Gasteiger partial charge in [0.15, 0.2) is 10.2 Å². The number of aromatic nitrogens is 1. The average molecular weight is 358 g/mol. The van der Waals surface area contributed by atoms with E-state index in [0.29, 0.717) is 15.8 Å². The summed E-state index contributed by atoms with van der Waals surface area (Å²) in [6.07, 6.45) is 0. The van der Waals surface area contributed by atoms with Gasteiger partial charge in [-0.3, -0.25) is 10.9 Å². The number of thiocarbonyl (C=S) groups is 1. The Morgan fingerprint density at radius 2 is 2.00 bits per heavy atom. The van der Waals surface area contributed by atoms with Gasteiger partial charge >= 0.3 is 5.97 Å². The number of hydrogen-bond donors (Lipinski definition) is 3. The fraction of sp³-hybridized carbons (Fsp3) is 0.0625. The molecule has 0 aliphatic heterocycles. The number of carbonyl (C=O) groups excluding carboxylic acids is 1. The minimum atomic E-state index is -0.371. The molecule has 24 heavy (non-hydrogen) atoms. The second kappa shape index (κ2) is 7.24. The maximum Gasteiger partial charge on any atom is 0.337 e. The summed E-state index contributed by atoms with van der Waals surface area (Å²) >= 11 is 6.64. The quantitative estimate of drug-likeness (QED) is 0.375. The van der Waals surface area contributed by atoms with Crippen LogP contribution in [0.15, 0.2) is 48.5 Å². The zero-order chi connectivity index (χ0) is 16.9. The minimum absolute atomic E-state index is 0.371. The molecule has 3 aromatic rings. The number of benzene rings is 2. The van der Waals surface area contributed by atoms with Gasteiger partial charge in [0.25, 0.3) is 0 Å². The lowest BCUT2D eigenvalue weighted by molar-refractivity contribution is 0.0601. The Bertz CT molecular complexity index is 880. The van der Waals surface area contributed by atoms with Gasteiger partial charge in [0.05, 0.1) is 28.6 Å². The van der Waals surface area contributed by atoms with Crippen molar-refractivity contribution in [3.63, 3.8) is 0 Å². The Hall–Kier alpha value is -2.71. The number of esters is 1. The molecule has 122 valence electrons. The molecule has 1 aromatic heterocycles. The van der Waals surface area contributed by atoms with E-state index >= 15 is 0 Å². The predicted molar refractivity (Wildman–Crippen MR) is 100 cm³/mol. The lowest BCUT2D eigenvalue weighted by atomic mass is 10.2. The molecular weight excluding hydrogens is 344 g/mol. The highest BCUT2D eigenvalue weighted by Crippen LogP contribution is 2.27. The number of nitrogens with one attached hydrogen (secondary N) is 3. The third-order valence-electron chi connectivity index (χ3n) is 3.12. The monoisotopic (exact) mass is 358 g/mol. The summed E-state index contributed by atoms with van der Waals surface area (Å²) in [5.41, 5.74) is 8.06. The Labute approximate surface area is 147 Å². The van der Waals surface area contributed by atoms with Crippen molar-refractivity contribution in [2.24, 2.45) is 0 Å². The molecule has 3 rings (SSSR count). The van der Waals surface area contributed by atoms with Crippen molar-refractivity contribution >= 4 is 55.7 Å². The number of anilines is 2. The number of carbonyl (C=O) groups is 1. The number of hydrazine groups is 1. The first-order chi connectivity index (χ1) is 11.7. The molecule has 0 saturated carbocycles. The van der Waals surface area contributed by atoms with Crippen molar-refractivity contribution in [1.82, 2.24) is 10.4 Å². The highest BCUT2D eigenvalue weighted by atomic mass is 32.1.